The van der Waals surface area contributed by atoms with Crippen LogP contribution in [-0.2, 0) is 4.79 Å². The molecule has 3 fully saturated rings. The van der Waals surface area contributed by atoms with E-state index in [0.717, 1.165) is 42.2 Å². The Bertz CT molecular complexity index is 737. The highest BCUT2D eigenvalue weighted by molar-refractivity contribution is 7.18. The van der Waals surface area contributed by atoms with Gasteiger partial charge in [0, 0.05) is 12.5 Å². The number of carbonyl (C=O) groups excluding carboxylic acids is 1. The van der Waals surface area contributed by atoms with Gasteiger partial charge in [-0.2, -0.15) is 0 Å². The molecule has 126 valence electrons. The molecule has 1 aromatic heterocycles. The van der Waals surface area contributed by atoms with Crippen LogP contribution in [0.1, 0.15) is 56.0 Å². The minimum Gasteiger partial charge on any atom is -0.333 e. The lowest BCUT2D eigenvalue weighted by Crippen LogP contribution is -2.43. The highest BCUT2D eigenvalue weighted by Gasteiger charge is 2.46. The fourth-order valence-corrected chi connectivity index (χ4v) is 6.36. The fourth-order valence-electron chi connectivity index (χ4n) is 5.24. The van der Waals surface area contributed by atoms with Crippen LogP contribution in [0, 0.1) is 17.8 Å². The molecule has 3 aliphatic rings. The summed E-state index contributed by atoms with van der Waals surface area (Å²) in [4.78, 5) is 20.4. The maximum atomic E-state index is 13.3. The molecule has 24 heavy (non-hydrogen) atoms. The molecule has 3 nitrogen and oxygen atoms in total. The Morgan fingerprint density at radius 1 is 1.12 bits per heavy atom. The molecule has 0 N–H and O–H groups in total. The first-order valence-electron chi connectivity index (χ1n) is 9.45. The number of piperidine rings is 1. The Morgan fingerprint density at radius 2 is 2.04 bits per heavy atom. The summed E-state index contributed by atoms with van der Waals surface area (Å²) in [5.41, 5.74) is 1.08. The third kappa shape index (κ3) is 2.38. The first kappa shape index (κ1) is 14.9. The number of nitrogens with zero attached hydrogens (tertiary/aromatic N) is 2. The van der Waals surface area contributed by atoms with Gasteiger partial charge in [0.2, 0.25) is 5.91 Å². The average molecular weight is 340 g/mol. The van der Waals surface area contributed by atoms with Crippen molar-refractivity contribution in [2.75, 3.05) is 6.54 Å². The molecule has 0 spiro atoms. The van der Waals surface area contributed by atoms with Gasteiger partial charge in [-0.25, -0.2) is 4.98 Å². The number of benzene rings is 1. The molecule has 2 aromatic rings. The Morgan fingerprint density at radius 3 is 2.83 bits per heavy atom. The van der Waals surface area contributed by atoms with Gasteiger partial charge in [-0.05, 0) is 62.5 Å². The number of thiazole rings is 1. The van der Waals surface area contributed by atoms with Gasteiger partial charge in [-0.1, -0.05) is 18.6 Å². The summed E-state index contributed by atoms with van der Waals surface area (Å²) in [5.74, 6) is 2.24. The largest absolute Gasteiger partial charge is 0.333 e. The van der Waals surface area contributed by atoms with E-state index < -0.39 is 0 Å². The number of hydrogen-bond donors (Lipinski definition) is 0. The lowest BCUT2D eigenvalue weighted by molar-refractivity contribution is -0.141. The smallest absolute Gasteiger partial charge is 0.226 e. The number of fused-ring (bicyclic) bond motifs is 3. The normalized spacial score (nSPS) is 32.6. The summed E-state index contributed by atoms with van der Waals surface area (Å²) < 4.78 is 1.24. The van der Waals surface area contributed by atoms with Crippen molar-refractivity contribution in [1.29, 1.82) is 0 Å². The van der Waals surface area contributed by atoms with Crippen LogP contribution in [0.15, 0.2) is 24.3 Å². The van der Waals surface area contributed by atoms with Crippen LogP contribution < -0.4 is 0 Å². The molecule has 2 saturated carbocycles. The molecule has 1 saturated heterocycles. The predicted molar refractivity (Wildman–Crippen MR) is 96.9 cm³/mol. The molecule has 1 aliphatic heterocycles. The molecule has 0 radical (unpaired) electrons. The van der Waals surface area contributed by atoms with Gasteiger partial charge in [0.05, 0.1) is 16.3 Å². The Hall–Kier alpha value is -1.42. The maximum Gasteiger partial charge on any atom is 0.226 e. The molecule has 4 unspecified atom stereocenters. The highest BCUT2D eigenvalue weighted by atomic mass is 32.1. The second kappa shape index (κ2) is 5.83. The zero-order valence-corrected chi connectivity index (χ0v) is 14.8. The topological polar surface area (TPSA) is 33.2 Å². The van der Waals surface area contributed by atoms with Crippen LogP contribution in [0.4, 0.5) is 0 Å². The minimum absolute atomic E-state index is 0.211. The molecule has 4 atom stereocenters. The van der Waals surface area contributed by atoms with E-state index >= 15 is 0 Å². The van der Waals surface area contributed by atoms with Crippen LogP contribution in [0.25, 0.3) is 10.2 Å². The molecule has 2 heterocycles. The van der Waals surface area contributed by atoms with Gasteiger partial charge < -0.3 is 4.90 Å². The van der Waals surface area contributed by atoms with Gasteiger partial charge in [-0.3, -0.25) is 4.79 Å². The van der Waals surface area contributed by atoms with Crippen LogP contribution in [0.5, 0.6) is 0 Å². The number of para-hydroxylation sites is 1. The third-order valence-electron chi connectivity index (χ3n) is 6.44. The van der Waals surface area contributed by atoms with E-state index in [1.165, 1.54) is 30.4 Å². The number of aromatic nitrogens is 1. The van der Waals surface area contributed by atoms with Crippen molar-refractivity contribution in [2.24, 2.45) is 17.8 Å². The van der Waals surface area contributed by atoms with Crippen LogP contribution in [0.3, 0.4) is 0 Å². The molecular formula is C20H24N2OS. The Kier molecular flexibility index (Phi) is 3.62. The summed E-state index contributed by atoms with van der Waals surface area (Å²) in [6.45, 7) is 0.924. The molecule has 1 amide bonds. The van der Waals surface area contributed by atoms with E-state index in [-0.39, 0.29) is 6.04 Å². The number of amides is 1. The lowest BCUT2D eigenvalue weighted by atomic mass is 9.86. The van der Waals surface area contributed by atoms with Gasteiger partial charge in [0.1, 0.15) is 5.01 Å². The van der Waals surface area contributed by atoms with Crippen molar-refractivity contribution in [2.45, 2.75) is 51.0 Å². The minimum atomic E-state index is 0.211. The van der Waals surface area contributed by atoms with Crippen molar-refractivity contribution in [3.8, 4) is 0 Å². The zero-order valence-electron chi connectivity index (χ0n) is 14.0. The van der Waals surface area contributed by atoms with Crippen LogP contribution in [0.2, 0.25) is 0 Å². The van der Waals surface area contributed by atoms with E-state index in [9.17, 15) is 4.79 Å². The second-order valence-electron chi connectivity index (χ2n) is 7.84. The van der Waals surface area contributed by atoms with Gasteiger partial charge in [0.25, 0.3) is 0 Å². The van der Waals surface area contributed by atoms with E-state index in [4.69, 9.17) is 4.98 Å². The SMILES string of the molecule is O=C(C1CC2CCC1C2)N1CCCCC1c1nc2ccccc2s1. The highest BCUT2D eigenvalue weighted by Crippen LogP contribution is 2.50. The molecular weight excluding hydrogens is 316 g/mol. The molecule has 1 aromatic carbocycles. The number of carbonyl (C=O) groups is 1. The Balaban J connectivity index is 1.44. The summed E-state index contributed by atoms with van der Waals surface area (Å²) in [5, 5.41) is 1.15. The fraction of sp³-hybridized carbons (Fsp3) is 0.600. The van der Waals surface area contributed by atoms with Gasteiger partial charge in [0.15, 0.2) is 0 Å². The van der Waals surface area contributed by atoms with Gasteiger partial charge in [-0.15, -0.1) is 11.3 Å². The molecule has 2 bridgehead atoms. The van der Waals surface area contributed by atoms with Crippen LogP contribution >= 0.6 is 11.3 Å². The molecule has 5 rings (SSSR count). The second-order valence-corrected chi connectivity index (χ2v) is 8.91. The monoisotopic (exact) mass is 340 g/mol. The summed E-state index contributed by atoms with van der Waals surface area (Å²) in [7, 11) is 0. The maximum absolute atomic E-state index is 13.3. The first-order valence-corrected chi connectivity index (χ1v) is 10.3. The molecule has 4 heteroatoms. The third-order valence-corrected chi connectivity index (χ3v) is 7.57. The molecule has 2 aliphatic carbocycles. The average Bonchev–Trinajstić information content (AvgIpc) is 3.35. The lowest BCUT2D eigenvalue weighted by Gasteiger charge is -2.37. The Labute approximate surface area is 147 Å². The van der Waals surface area contributed by atoms with Crippen molar-refractivity contribution in [1.82, 2.24) is 9.88 Å². The van der Waals surface area contributed by atoms with E-state index in [1.807, 2.05) is 6.07 Å². The van der Waals surface area contributed by atoms with E-state index in [0.29, 0.717) is 17.7 Å². The zero-order chi connectivity index (χ0) is 16.1. The number of likely N-dealkylation sites (tertiary alicyclic amines) is 1. The van der Waals surface area contributed by atoms with E-state index in [1.54, 1.807) is 11.3 Å². The quantitative estimate of drug-likeness (QED) is 0.788. The van der Waals surface area contributed by atoms with Crippen molar-refractivity contribution >= 4 is 27.5 Å². The van der Waals surface area contributed by atoms with Crippen LogP contribution in [-0.4, -0.2) is 22.3 Å². The summed E-state index contributed by atoms with van der Waals surface area (Å²) in [6, 6.07) is 8.55. The van der Waals surface area contributed by atoms with Crippen molar-refractivity contribution < 1.29 is 4.79 Å². The summed E-state index contributed by atoms with van der Waals surface area (Å²) >= 11 is 1.78. The van der Waals surface area contributed by atoms with Gasteiger partial charge >= 0.3 is 0 Å². The van der Waals surface area contributed by atoms with Crippen molar-refractivity contribution in [3.05, 3.63) is 29.3 Å². The van der Waals surface area contributed by atoms with Crippen molar-refractivity contribution in [3.63, 3.8) is 0 Å². The summed E-state index contributed by atoms with van der Waals surface area (Å²) in [6.07, 6.45) is 8.51. The van der Waals surface area contributed by atoms with E-state index in [2.05, 4.69) is 23.1 Å². The number of rotatable bonds is 2. The number of hydrogen-bond acceptors (Lipinski definition) is 3. The first-order chi connectivity index (χ1) is 11.8. The predicted octanol–water partition coefficient (Wildman–Crippen LogP) is 4.79. The standard InChI is InChI=1S/C20H24N2OS/c23-20(15-12-13-8-9-14(15)11-13)22-10-4-3-6-17(22)19-21-16-5-1-2-7-18(16)24-19/h1-2,5,7,13-15,17H,3-4,6,8-12H2.